The molecule has 0 saturated carbocycles. The molecule has 4 atom stereocenters. The van der Waals surface area contributed by atoms with Crippen molar-refractivity contribution in [2.45, 2.75) is 38.6 Å². The molecule has 0 bridgehead atoms. The highest BCUT2D eigenvalue weighted by atomic mass is 16.5. The SMILES string of the molecule is CNc1cc(O)c2c(c1)C#CCC(O)[C@H](O)C(=O)/C=C\[C@@H](C)C(C)OC2=O. The number of ketones is 1. The number of benzene rings is 1. The number of phenols is 1. The highest BCUT2D eigenvalue weighted by Gasteiger charge is 2.25. The van der Waals surface area contributed by atoms with Crippen LogP contribution >= 0.6 is 0 Å². The van der Waals surface area contributed by atoms with E-state index in [2.05, 4.69) is 17.2 Å². The maximum atomic E-state index is 12.6. The number of carbonyl (C=O) groups excluding carboxylic acids is 2. The molecule has 1 aromatic carbocycles. The van der Waals surface area contributed by atoms with E-state index in [1.54, 1.807) is 27.0 Å². The lowest BCUT2D eigenvalue weighted by atomic mass is 10.0. The molecule has 7 nitrogen and oxygen atoms in total. The van der Waals surface area contributed by atoms with Gasteiger partial charge in [-0.2, -0.15) is 0 Å². The van der Waals surface area contributed by atoms with Gasteiger partial charge >= 0.3 is 5.97 Å². The van der Waals surface area contributed by atoms with Gasteiger partial charge in [-0.1, -0.05) is 24.8 Å². The number of ether oxygens (including phenoxy) is 1. The highest BCUT2D eigenvalue weighted by Crippen LogP contribution is 2.28. The molecular formula is C20H23NO6. The van der Waals surface area contributed by atoms with Crippen LogP contribution in [0.25, 0.3) is 0 Å². The van der Waals surface area contributed by atoms with Crippen LogP contribution in [0.15, 0.2) is 24.3 Å². The predicted octanol–water partition coefficient (Wildman–Crippen LogP) is 1.22. The van der Waals surface area contributed by atoms with E-state index in [-0.39, 0.29) is 29.2 Å². The second kappa shape index (κ2) is 8.71. The third-order valence-electron chi connectivity index (χ3n) is 4.40. The van der Waals surface area contributed by atoms with Crippen LogP contribution in [0, 0.1) is 17.8 Å². The molecule has 27 heavy (non-hydrogen) atoms. The van der Waals surface area contributed by atoms with E-state index in [0.717, 1.165) is 6.08 Å². The van der Waals surface area contributed by atoms with Crippen molar-refractivity contribution in [1.82, 2.24) is 0 Å². The summed E-state index contributed by atoms with van der Waals surface area (Å²) < 4.78 is 5.41. The van der Waals surface area contributed by atoms with Crippen LogP contribution in [0.4, 0.5) is 5.69 Å². The first-order valence-electron chi connectivity index (χ1n) is 8.57. The van der Waals surface area contributed by atoms with Gasteiger partial charge in [0, 0.05) is 36.7 Å². The van der Waals surface area contributed by atoms with Crippen LogP contribution in [0.5, 0.6) is 5.75 Å². The Bertz CT molecular complexity index is 820. The zero-order valence-electron chi connectivity index (χ0n) is 15.4. The minimum Gasteiger partial charge on any atom is -0.507 e. The summed E-state index contributed by atoms with van der Waals surface area (Å²) in [6.07, 6.45) is -1.10. The van der Waals surface area contributed by atoms with E-state index in [1.165, 1.54) is 12.1 Å². The number of cyclic esters (lactones) is 1. The molecule has 7 heteroatoms. The Kier molecular flexibility index (Phi) is 6.61. The summed E-state index contributed by atoms with van der Waals surface area (Å²) in [6, 6.07) is 2.95. The lowest BCUT2D eigenvalue weighted by Crippen LogP contribution is -2.32. The first kappa shape index (κ1) is 20.5. The standard InChI is InChI=1S/C20H23NO6/c1-11-7-8-16(23)19(25)15(22)6-4-5-13-9-14(21-3)10-17(24)18(13)20(26)27-12(11)2/h7-12,15,19,21-22,24-25H,6H2,1-3H3/b8-7-/t11-,12?,15?,19+/m1/s1. The van der Waals surface area contributed by atoms with Gasteiger partial charge in [0.05, 0.1) is 6.10 Å². The third-order valence-corrected chi connectivity index (χ3v) is 4.40. The van der Waals surface area contributed by atoms with Crippen molar-refractivity contribution >= 4 is 17.4 Å². The molecule has 0 saturated heterocycles. The number of aliphatic hydroxyl groups excluding tert-OH is 2. The van der Waals surface area contributed by atoms with Crippen molar-refractivity contribution in [3.05, 3.63) is 35.4 Å². The van der Waals surface area contributed by atoms with Gasteiger partial charge in [-0.3, -0.25) is 4.79 Å². The minimum atomic E-state index is -1.60. The van der Waals surface area contributed by atoms with Gasteiger partial charge in [0.1, 0.15) is 23.5 Å². The van der Waals surface area contributed by atoms with Crippen molar-refractivity contribution in [2.75, 3.05) is 12.4 Å². The minimum absolute atomic E-state index is 0.0762. The topological polar surface area (TPSA) is 116 Å². The Balaban J connectivity index is 2.53. The van der Waals surface area contributed by atoms with Gasteiger partial charge in [0.25, 0.3) is 0 Å². The number of phenolic OH excluding ortho intramolecular Hbond substituents is 1. The number of fused-ring (bicyclic) bond motifs is 1. The van der Waals surface area contributed by atoms with E-state index in [0.29, 0.717) is 5.69 Å². The molecule has 2 unspecified atom stereocenters. The average molecular weight is 373 g/mol. The predicted molar refractivity (Wildman–Crippen MR) is 99.4 cm³/mol. The molecule has 0 radical (unpaired) electrons. The molecule has 0 aromatic heterocycles. The summed E-state index contributed by atoms with van der Waals surface area (Å²) in [5.74, 6) is 3.33. The Morgan fingerprint density at radius 3 is 2.59 bits per heavy atom. The Morgan fingerprint density at radius 1 is 1.22 bits per heavy atom. The second-order valence-electron chi connectivity index (χ2n) is 6.42. The third kappa shape index (κ3) is 4.88. The van der Waals surface area contributed by atoms with Crippen LogP contribution in [-0.4, -0.2) is 52.4 Å². The lowest BCUT2D eigenvalue weighted by molar-refractivity contribution is -0.127. The Morgan fingerprint density at radius 2 is 1.93 bits per heavy atom. The van der Waals surface area contributed by atoms with Gasteiger partial charge in [-0.05, 0) is 19.1 Å². The van der Waals surface area contributed by atoms with Crippen LogP contribution in [-0.2, 0) is 9.53 Å². The molecule has 144 valence electrons. The summed E-state index contributed by atoms with van der Waals surface area (Å²) in [7, 11) is 1.65. The normalized spacial score (nSPS) is 27.4. The molecule has 2 rings (SSSR count). The molecular weight excluding hydrogens is 350 g/mol. The van der Waals surface area contributed by atoms with E-state index in [9.17, 15) is 24.9 Å². The van der Waals surface area contributed by atoms with Gasteiger partial charge < -0.3 is 25.4 Å². The number of esters is 1. The van der Waals surface area contributed by atoms with Crippen molar-refractivity contribution in [1.29, 1.82) is 0 Å². The van der Waals surface area contributed by atoms with Crippen LogP contribution in [0.2, 0.25) is 0 Å². The summed E-state index contributed by atoms with van der Waals surface area (Å²) >= 11 is 0. The van der Waals surface area contributed by atoms with Crippen molar-refractivity contribution < 1.29 is 29.6 Å². The van der Waals surface area contributed by atoms with Crippen molar-refractivity contribution in [2.24, 2.45) is 5.92 Å². The van der Waals surface area contributed by atoms with Gasteiger partial charge in [0.2, 0.25) is 0 Å². The number of anilines is 1. The van der Waals surface area contributed by atoms with E-state index in [1.807, 2.05) is 0 Å². The summed E-state index contributed by atoms with van der Waals surface area (Å²) in [5.41, 5.74) is 0.673. The van der Waals surface area contributed by atoms with Crippen molar-refractivity contribution in [3.8, 4) is 17.6 Å². The molecule has 1 aliphatic heterocycles. The summed E-state index contributed by atoms with van der Waals surface area (Å²) in [5, 5.41) is 33.0. The molecule has 0 amide bonds. The number of hydrogen-bond acceptors (Lipinski definition) is 7. The smallest absolute Gasteiger partial charge is 0.343 e. The monoisotopic (exact) mass is 373 g/mol. The first-order valence-corrected chi connectivity index (χ1v) is 8.57. The number of aliphatic hydroxyl groups is 2. The van der Waals surface area contributed by atoms with Gasteiger partial charge in [-0.25, -0.2) is 4.79 Å². The highest BCUT2D eigenvalue weighted by molar-refractivity contribution is 5.96. The van der Waals surface area contributed by atoms with E-state index < -0.39 is 30.1 Å². The first-order chi connectivity index (χ1) is 12.7. The molecule has 1 aliphatic rings. The molecule has 0 fully saturated rings. The Labute approximate surface area is 157 Å². The van der Waals surface area contributed by atoms with Crippen LogP contribution < -0.4 is 5.32 Å². The molecule has 0 spiro atoms. The second-order valence-corrected chi connectivity index (χ2v) is 6.42. The van der Waals surface area contributed by atoms with Crippen molar-refractivity contribution in [3.63, 3.8) is 0 Å². The number of hydrogen-bond donors (Lipinski definition) is 4. The molecule has 1 aromatic rings. The maximum Gasteiger partial charge on any atom is 0.343 e. The maximum absolute atomic E-state index is 12.6. The zero-order valence-corrected chi connectivity index (χ0v) is 15.4. The average Bonchev–Trinajstić information content (AvgIpc) is 2.63. The fourth-order valence-electron chi connectivity index (χ4n) is 2.47. The number of nitrogens with one attached hydrogen (secondary N) is 1. The van der Waals surface area contributed by atoms with Crippen LogP contribution in [0.3, 0.4) is 0 Å². The van der Waals surface area contributed by atoms with Gasteiger partial charge in [0.15, 0.2) is 5.78 Å². The zero-order chi connectivity index (χ0) is 20.1. The fourth-order valence-corrected chi connectivity index (χ4v) is 2.47. The lowest BCUT2D eigenvalue weighted by Gasteiger charge is -2.19. The number of rotatable bonds is 1. The quantitative estimate of drug-likeness (QED) is 0.432. The van der Waals surface area contributed by atoms with E-state index in [4.69, 9.17) is 4.74 Å². The number of carbonyl (C=O) groups is 2. The summed E-state index contributed by atoms with van der Waals surface area (Å²) in [6.45, 7) is 3.39. The van der Waals surface area contributed by atoms with Gasteiger partial charge in [-0.15, -0.1) is 0 Å². The molecule has 4 N–H and O–H groups in total. The molecule has 0 aliphatic carbocycles. The largest absolute Gasteiger partial charge is 0.507 e. The van der Waals surface area contributed by atoms with Crippen LogP contribution in [0.1, 0.15) is 36.2 Å². The Hall–Kier alpha value is -2.82. The molecule has 1 heterocycles. The fraction of sp³-hybridized carbons (Fsp3) is 0.400. The van der Waals surface area contributed by atoms with E-state index >= 15 is 0 Å². The number of aromatic hydroxyl groups is 1. The summed E-state index contributed by atoms with van der Waals surface area (Å²) in [4.78, 5) is 24.5.